The summed E-state index contributed by atoms with van der Waals surface area (Å²) < 4.78 is 26.9. The first-order valence-corrected chi connectivity index (χ1v) is 5.95. The summed E-state index contributed by atoms with van der Waals surface area (Å²) >= 11 is 0. The highest BCUT2D eigenvalue weighted by atomic mass is 19.1. The first-order chi connectivity index (χ1) is 9.97. The van der Waals surface area contributed by atoms with Crippen molar-refractivity contribution in [1.29, 1.82) is 0 Å². The lowest BCUT2D eigenvalue weighted by molar-refractivity contribution is -0.114. The molecule has 2 rings (SSSR count). The fourth-order valence-corrected chi connectivity index (χ4v) is 1.65. The molecule has 7 heteroatoms. The summed E-state index contributed by atoms with van der Waals surface area (Å²) in [7, 11) is 0. The summed E-state index contributed by atoms with van der Waals surface area (Å²) in [6.45, 7) is 1.23. The SMILES string of the molecule is CC(=O)Nc1cc(NC(=O)c2ccncc2F)ccc1F. The summed E-state index contributed by atoms with van der Waals surface area (Å²) in [5.74, 6) is -2.55. The van der Waals surface area contributed by atoms with Gasteiger partial charge in [-0.3, -0.25) is 14.6 Å². The van der Waals surface area contributed by atoms with Crippen LogP contribution in [0.1, 0.15) is 17.3 Å². The number of aromatic nitrogens is 1. The normalized spacial score (nSPS) is 10.0. The molecule has 0 saturated carbocycles. The maximum atomic E-state index is 13.5. The lowest BCUT2D eigenvalue weighted by Crippen LogP contribution is -2.14. The molecule has 0 spiro atoms. The molecule has 0 aliphatic heterocycles. The van der Waals surface area contributed by atoms with Gasteiger partial charge in [0.05, 0.1) is 17.4 Å². The van der Waals surface area contributed by atoms with E-state index in [1.54, 1.807) is 0 Å². The predicted octanol–water partition coefficient (Wildman–Crippen LogP) is 2.57. The van der Waals surface area contributed by atoms with Gasteiger partial charge in [0.1, 0.15) is 5.82 Å². The summed E-state index contributed by atoms with van der Waals surface area (Å²) in [5, 5.41) is 4.70. The highest BCUT2D eigenvalue weighted by Gasteiger charge is 2.13. The number of carbonyl (C=O) groups is 2. The fourth-order valence-electron chi connectivity index (χ4n) is 1.65. The van der Waals surface area contributed by atoms with E-state index in [0.717, 1.165) is 12.3 Å². The van der Waals surface area contributed by atoms with Gasteiger partial charge in [-0.05, 0) is 24.3 Å². The Morgan fingerprint density at radius 3 is 2.52 bits per heavy atom. The van der Waals surface area contributed by atoms with Crippen molar-refractivity contribution in [3.05, 3.63) is 53.9 Å². The monoisotopic (exact) mass is 291 g/mol. The van der Waals surface area contributed by atoms with Crippen molar-refractivity contribution in [3.8, 4) is 0 Å². The Morgan fingerprint density at radius 2 is 1.86 bits per heavy atom. The van der Waals surface area contributed by atoms with Crippen LogP contribution in [0.3, 0.4) is 0 Å². The first-order valence-electron chi connectivity index (χ1n) is 5.95. The summed E-state index contributed by atoms with van der Waals surface area (Å²) in [6, 6.07) is 4.86. The Bertz CT molecular complexity index is 704. The summed E-state index contributed by atoms with van der Waals surface area (Å²) in [5.41, 5.74) is -0.0349. The van der Waals surface area contributed by atoms with Crippen molar-refractivity contribution < 1.29 is 18.4 Å². The van der Waals surface area contributed by atoms with Gasteiger partial charge in [0.2, 0.25) is 5.91 Å². The molecule has 0 saturated heterocycles. The molecule has 1 aromatic heterocycles. The number of hydrogen-bond acceptors (Lipinski definition) is 3. The number of amides is 2. The molecule has 0 bridgehead atoms. The topological polar surface area (TPSA) is 71.1 Å². The molecule has 0 aliphatic carbocycles. The third-order valence-corrected chi connectivity index (χ3v) is 2.55. The minimum Gasteiger partial charge on any atom is -0.324 e. The number of hydrogen-bond donors (Lipinski definition) is 2. The van der Waals surface area contributed by atoms with Crippen LogP contribution in [0.5, 0.6) is 0 Å². The second-order valence-electron chi connectivity index (χ2n) is 4.19. The second kappa shape index (κ2) is 6.08. The lowest BCUT2D eigenvalue weighted by atomic mass is 10.2. The minimum absolute atomic E-state index is 0.0736. The smallest absolute Gasteiger partial charge is 0.258 e. The molecule has 2 aromatic rings. The van der Waals surface area contributed by atoms with Crippen LogP contribution in [0.25, 0.3) is 0 Å². The molecule has 0 fully saturated rings. The zero-order chi connectivity index (χ0) is 15.4. The summed E-state index contributed by atoms with van der Waals surface area (Å²) in [4.78, 5) is 26.4. The van der Waals surface area contributed by atoms with Gasteiger partial charge >= 0.3 is 0 Å². The molecule has 0 radical (unpaired) electrons. The number of rotatable bonds is 3. The molecular formula is C14H11F2N3O2. The van der Waals surface area contributed by atoms with Crippen LogP contribution in [0.2, 0.25) is 0 Å². The Labute approximate surface area is 119 Å². The summed E-state index contributed by atoms with van der Waals surface area (Å²) in [6.07, 6.45) is 2.20. The molecule has 0 atom stereocenters. The van der Waals surface area contributed by atoms with E-state index < -0.39 is 23.4 Å². The molecule has 0 unspecified atom stereocenters. The van der Waals surface area contributed by atoms with Gasteiger partial charge in [-0.15, -0.1) is 0 Å². The van der Waals surface area contributed by atoms with Crippen molar-refractivity contribution in [3.63, 3.8) is 0 Å². The fraction of sp³-hybridized carbons (Fsp3) is 0.0714. The number of halogens is 2. The maximum absolute atomic E-state index is 13.5. The molecule has 5 nitrogen and oxygen atoms in total. The number of carbonyl (C=O) groups excluding carboxylic acids is 2. The molecular weight excluding hydrogens is 280 g/mol. The van der Waals surface area contributed by atoms with E-state index >= 15 is 0 Å². The van der Waals surface area contributed by atoms with Crippen LogP contribution in [-0.2, 0) is 4.79 Å². The average molecular weight is 291 g/mol. The van der Waals surface area contributed by atoms with Gasteiger partial charge in [-0.2, -0.15) is 0 Å². The van der Waals surface area contributed by atoms with Gasteiger partial charge in [0.15, 0.2) is 5.82 Å². The van der Waals surface area contributed by atoms with Crippen molar-refractivity contribution in [1.82, 2.24) is 4.98 Å². The quantitative estimate of drug-likeness (QED) is 0.913. The molecule has 0 aliphatic rings. The predicted molar refractivity (Wildman–Crippen MR) is 72.9 cm³/mol. The van der Waals surface area contributed by atoms with Gasteiger partial charge in [-0.1, -0.05) is 0 Å². The van der Waals surface area contributed by atoms with Gasteiger partial charge < -0.3 is 10.6 Å². The molecule has 21 heavy (non-hydrogen) atoms. The van der Waals surface area contributed by atoms with Crippen LogP contribution >= 0.6 is 0 Å². The van der Waals surface area contributed by atoms with Crippen molar-refractivity contribution in [2.45, 2.75) is 6.92 Å². The van der Waals surface area contributed by atoms with Crippen LogP contribution in [0, 0.1) is 11.6 Å². The Balaban J connectivity index is 2.22. The minimum atomic E-state index is -0.765. The van der Waals surface area contributed by atoms with Gasteiger partial charge in [0, 0.05) is 18.8 Å². The van der Waals surface area contributed by atoms with E-state index in [1.165, 1.54) is 31.3 Å². The van der Waals surface area contributed by atoms with Crippen LogP contribution in [0.15, 0.2) is 36.7 Å². The highest BCUT2D eigenvalue weighted by molar-refractivity contribution is 6.04. The first kappa shape index (κ1) is 14.6. The van der Waals surface area contributed by atoms with Crippen LogP contribution in [0.4, 0.5) is 20.2 Å². The van der Waals surface area contributed by atoms with Crippen molar-refractivity contribution in [2.75, 3.05) is 10.6 Å². The largest absolute Gasteiger partial charge is 0.324 e. The second-order valence-corrected chi connectivity index (χ2v) is 4.19. The number of nitrogens with zero attached hydrogens (tertiary/aromatic N) is 1. The van der Waals surface area contributed by atoms with Gasteiger partial charge in [0.25, 0.3) is 5.91 Å². The van der Waals surface area contributed by atoms with Crippen molar-refractivity contribution in [2.24, 2.45) is 0 Å². The molecule has 108 valence electrons. The molecule has 2 N–H and O–H groups in total. The Morgan fingerprint density at radius 1 is 1.10 bits per heavy atom. The van der Waals surface area contributed by atoms with E-state index in [0.29, 0.717) is 0 Å². The van der Waals surface area contributed by atoms with E-state index in [9.17, 15) is 18.4 Å². The standard InChI is InChI=1S/C14H11F2N3O2/c1-8(20)18-13-6-9(2-3-11(13)15)19-14(21)10-4-5-17-7-12(10)16/h2-7H,1H3,(H,18,20)(H,19,21). The highest BCUT2D eigenvalue weighted by Crippen LogP contribution is 2.20. The molecule has 1 aromatic carbocycles. The Kier molecular flexibility index (Phi) is 4.22. The number of nitrogens with one attached hydrogen (secondary N) is 2. The number of pyridine rings is 1. The zero-order valence-corrected chi connectivity index (χ0v) is 11.0. The van der Waals surface area contributed by atoms with Crippen molar-refractivity contribution >= 4 is 23.2 Å². The number of benzene rings is 1. The third kappa shape index (κ3) is 3.59. The van der Waals surface area contributed by atoms with E-state index in [1.807, 2.05) is 0 Å². The Hall–Kier alpha value is -2.83. The lowest BCUT2D eigenvalue weighted by Gasteiger charge is -2.09. The zero-order valence-electron chi connectivity index (χ0n) is 11.0. The molecule has 1 heterocycles. The molecule has 2 amide bonds. The van der Waals surface area contributed by atoms with Gasteiger partial charge in [-0.25, -0.2) is 8.78 Å². The van der Waals surface area contributed by atoms with E-state index in [4.69, 9.17) is 0 Å². The van der Waals surface area contributed by atoms with E-state index in [-0.39, 0.29) is 16.9 Å². The van der Waals surface area contributed by atoms with Crippen LogP contribution < -0.4 is 10.6 Å². The van der Waals surface area contributed by atoms with E-state index in [2.05, 4.69) is 15.6 Å². The number of anilines is 2. The maximum Gasteiger partial charge on any atom is 0.258 e. The van der Waals surface area contributed by atoms with Crippen LogP contribution in [-0.4, -0.2) is 16.8 Å². The third-order valence-electron chi connectivity index (χ3n) is 2.55. The average Bonchev–Trinajstić information content (AvgIpc) is 2.42.